The van der Waals surface area contributed by atoms with Crippen molar-refractivity contribution in [1.29, 1.82) is 0 Å². The summed E-state index contributed by atoms with van der Waals surface area (Å²) in [5, 5.41) is 0.00372. The van der Waals surface area contributed by atoms with Crippen molar-refractivity contribution in [2.24, 2.45) is 17.8 Å². The van der Waals surface area contributed by atoms with Gasteiger partial charge in [-0.15, -0.1) is 0 Å². The van der Waals surface area contributed by atoms with Crippen molar-refractivity contribution in [3.8, 4) is 5.75 Å². The first-order valence-electron chi connectivity index (χ1n) is 15.4. The number of carbonyl (C=O) groups is 1. The van der Waals surface area contributed by atoms with E-state index in [1.54, 1.807) is 25.3 Å². The minimum Gasteiger partial charge on any atom is -0.487 e. The smallest absolute Gasteiger partial charge is 0.264 e. The third kappa shape index (κ3) is 6.75. The largest absolute Gasteiger partial charge is 0.487 e. The van der Waals surface area contributed by atoms with Gasteiger partial charge in [-0.05, 0) is 98.2 Å². The monoisotopic (exact) mass is 628 g/mol. The van der Waals surface area contributed by atoms with Gasteiger partial charge < -0.3 is 19.1 Å². The van der Waals surface area contributed by atoms with E-state index >= 15 is 0 Å². The topological polar surface area (TPSA) is 94.2 Å². The summed E-state index contributed by atoms with van der Waals surface area (Å²) >= 11 is 6.33. The molecular weight excluding hydrogens is 588 g/mol. The molecule has 1 aliphatic carbocycles. The van der Waals surface area contributed by atoms with E-state index in [1.807, 2.05) is 24.3 Å². The molecule has 43 heavy (non-hydrogen) atoms. The van der Waals surface area contributed by atoms with Crippen molar-refractivity contribution in [3.05, 3.63) is 70.3 Å². The molecule has 3 heterocycles. The highest BCUT2D eigenvalue weighted by Crippen LogP contribution is 2.42. The number of sulfonamides is 1. The molecule has 2 bridgehead atoms. The summed E-state index contributed by atoms with van der Waals surface area (Å²) in [7, 11) is -2.18. The number of amides is 1. The second kappa shape index (κ2) is 13.2. The number of hydrogen-bond acceptors (Lipinski definition) is 7. The molecular formula is C33H41ClN2O6S. The van der Waals surface area contributed by atoms with Gasteiger partial charge in [-0.3, -0.25) is 4.79 Å². The Bertz CT molecular complexity index is 1460. The number of ether oxygens (including phenoxy) is 3. The number of methoxy groups -OCH3 is 1. The van der Waals surface area contributed by atoms with Crippen molar-refractivity contribution < 1.29 is 27.4 Å². The lowest BCUT2D eigenvalue weighted by atomic mass is 9.70. The zero-order valence-corrected chi connectivity index (χ0v) is 26.2. The lowest BCUT2D eigenvalue weighted by Gasteiger charge is -2.43. The van der Waals surface area contributed by atoms with Gasteiger partial charge in [0.2, 0.25) is 10.0 Å². The van der Waals surface area contributed by atoms with Crippen LogP contribution in [0.5, 0.6) is 5.75 Å². The zero-order chi connectivity index (χ0) is 30.0. The number of nitrogens with one attached hydrogen (secondary N) is 1. The molecule has 4 aliphatic rings. The Balaban J connectivity index is 1.38. The average Bonchev–Trinajstić information content (AvgIpc) is 3.01. The number of anilines is 1. The maximum absolute atomic E-state index is 13.5. The molecule has 2 aromatic carbocycles. The molecule has 1 saturated heterocycles. The van der Waals surface area contributed by atoms with E-state index in [4.69, 9.17) is 25.8 Å². The van der Waals surface area contributed by atoms with E-state index in [2.05, 4.69) is 15.7 Å². The summed E-state index contributed by atoms with van der Waals surface area (Å²) in [5.41, 5.74) is 3.39. The third-order valence-electron chi connectivity index (χ3n) is 9.67. The quantitative estimate of drug-likeness (QED) is 0.415. The molecule has 2 fully saturated rings. The Morgan fingerprint density at radius 3 is 2.74 bits per heavy atom. The first kappa shape index (κ1) is 30.4. The van der Waals surface area contributed by atoms with Crippen LogP contribution < -0.4 is 14.4 Å². The predicted molar refractivity (Wildman–Crippen MR) is 167 cm³/mol. The van der Waals surface area contributed by atoms with Gasteiger partial charge >= 0.3 is 0 Å². The molecule has 5 atom stereocenters. The Labute approximate surface area is 259 Å². The van der Waals surface area contributed by atoms with Gasteiger partial charge in [-0.1, -0.05) is 29.8 Å². The molecule has 1 amide bonds. The maximum Gasteiger partial charge on any atom is 0.264 e. The minimum absolute atomic E-state index is 0.0452. The summed E-state index contributed by atoms with van der Waals surface area (Å²) in [6.07, 6.45) is 10.0. The molecule has 10 heteroatoms. The number of aryl methyl sites for hydroxylation is 1. The highest BCUT2D eigenvalue weighted by atomic mass is 35.5. The minimum atomic E-state index is -3.94. The third-order valence-corrected chi connectivity index (χ3v) is 11.8. The van der Waals surface area contributed by atoms with Crippen LogP contribution in [0, 0.1) is 17.8 Å². The van der Waals surface area contributed by atoms with Gasteiger partial charge in [-0.25, -0.2) is 13.1 Å². The average molecular weight is 629 g/mol. The predicted octanol–water partition coefficient (Wildman–Crippen LogP) is 5.53. The highest BCUT2D eigenvalue weighted by Gasteiger charge is 2.39. The van der Waals surface area contributed by atoms with Crippen molar-refractivity contribution in [1.82, 2.24) is 4.72 Å². The first-order valence-corrected chi connectivity index (χ1v) is 17.4. The number of allylic oxidation sites excluding steroid dienone is 1. The van der Waals surface area contributed by atoms with E-state index in [1.165, 1.54) is 5.56 Å². The normalized spacial score (nSPS) is 30.1. The van der Waals surface area contributed by atoms with Gasteiger partial charge in [0.05, 0.1) is 23.6 Å². The van der Waals surface area contributed by atoms with Crippen molar-refractivity contribution in [2.75, 3.05) is 38.3 Å². The number of benzene rings is 2. The molecule has 232 valence electrons. The molecule has 6 rings (SSSR count). The fourth-order valence-corrected chi connectivity index (χ4v) is 8.89. The van der Waals surface area contributed by atoms with Crippen LogP contribution in [-0.4, -0.2) is 59.1 Å². The first-order chi connectivity index (χ1) is 20.8. The molecule has 0 radical (unpaired) electrons. The van der Waals surface area contributed by atoms with Crippen LogP contribution >= 0.6 is 11.6 Å². The Hall–Kier alpha value is -2.59. The van der Waals surface area contributed by atoms with Gasteiger partial charge in [0.15, 0.2) is 0 Å². The fraction of sp³-hybridized carbons (Fsp3) is 0.545. The zero-order valence-electron chi connectivity index (χ0n) is 24.7. The van der Waals surface area contributed by atoms with E-state index in [-0.39, 0.29) is 12.0 Å². The Kier molecular flexibility index (Phi) is 9.33. The molecule has 2 aromatic rings. The lowest BCUT2D eigenvalue weighted by molar-refractivity contribution is 0.0132. The van der Waals surface area contributed by atoms with Crippen molar-refractivity contribution in [3.63, 3.8) is 0 Å². The van der Waals surface area contributed by atoms with E-state index in [0.717, 1.165) is 61.5 Å². The van der Waals surface area contributed by atoms with Gasteiger partial charge in [0, 0.05) is 43.3 Å². The van der Waals surface area contributed by atoms with Gasteiger partial charge in [0.25, 0.3) is 5.91 Å². The standard InChI is InChI=1S/C33H41ClN2O6S/c1-40-30-7-4-6-26-20-41-16-14-32(26)43(38,39)35-33(37)23-10-13-31-29(18-23)36(19-24-9-12-28(24)30)15-3-2-5-22-17-27(34)11-8-25(22)21-42-31/h4,7-8,10-11,13,17-18,24,26,28,30,32H,2-3,5-6,9,12,14-16,19-21H2,1H3,(H,35,37)/b7-4+/t24-,26?,28+,30-,32+/m0/s1. The second-order valence-electron chi connectivity index (χ2n) is 12.3. The van der Waals surface area contributed by atoms with Crippen LogP contribution in [0.3, 0.4) is 0 Å². The molecule has 8 nitrogen and oxygen atoms in total. The number of nitrogens with zero attached hydrogens (tertiary/aromatic N) is 1. The van der Waals surface area contributed by atoms with Gasteiger partial charge in [-0.2, -0.15) is 0 Å². The van der Waals surface area contributed by atoms with Crippen LogP contribution in [0.2, 0.25) is 5.02 Å². The summed E-state index contributed by atoms with van der Waals surface area (Å²) in [5.74, 6) is 0.585. The molecule has 1 N–H and O–H groups in total. The van der Waals surface area contributed by atoms with Crippen molar-refractivity contribution >= 4 is 33.2 Å². The summed E-state index contributed by atoms with van der Waals surface area (Å²) in [6.45, 7) is 2.66. The van der Waals surface area contributed by atoms with E-state index in [9.17, 15) is 13.2 Å². The van der Waals surface area contributed by atoms with E-state index < -0.39 is 21.2 Å². The number of rotatable bonds is 1. The Morgan fingerprint density at radius 2 is 1.93 bits per heavy atom. The molecule has 1 saturated carbocycles. The number of halogens is 1. The van der Waals surface area contributed by atoms with Crippen LogP contribution in [0.4, 0.5) is 5.69 Å². The second-order valence-corrected chi connectivity index (χ2v) is 14.6. The number of hydrogen-bond donors (Lipinski definition) is 1. The van der Waals surface area contributed by atoms with Crippen LogP contribution in [0.15, 0.2) is 48.6 Å². The van der Waals surface area contributed by atoms with E-state index in [0.29, 0.717) is 55.8 Å². The Morgan fingerprint density at radius 1 is 1.05 bits per heavy atom. The van der Waals surface area contributed by atoms with Crippen LogP contribution in [-0.2, 0) is 32.5 Å². The lowest BCUT2D eigenvalue weighted by Crippen LogP contribution is -2.46. The fourth-order valence-electron chi connectivity index (χ4n) is 7.07. The summed E-state index contributed by atoms with van der Waals surface area (Å²) in [6, 6.07) is 11.2. The number of carbonyl (C=O) groups excluding carboxylic acids is 1. The summed E-state index contributed by atoms with van der Waals surface area (Å²) < 4.78 is 47.5. The van der Waals surface area contributed by atoms with Gasteiger partial charge in [0.1, 0.15) is 12.4 Å². The SMILES string of the molecule is CO[C@H]1/C=C/CC2COCC[C@H]2S(=O)(=O)NC(=O)c2ccc3c(c2)N(CCCCc2cc(Cl)ccc2CO3)C[C@@H]2CC[C@H]21. The number of fused-ring (bicyclic) bond motifs is 4. The molecule has 0 spiro atoms. The van der Waals surface area contributed by atoms with Crippen LogP contribution in [0.1, 0.15) is 60.0 Å². The molecule has 1 unspecified atom stereocenters. The van der Waals surface area contributed by atoms with Crippen molar-refractivity contribution in [2.45, 2.75) is 62.9 Å². The molecule has 0 aromatic heterocycles. The van der Waals surface area contributed by atoms with Crippen LogP contribution in [0.25, 0.3) is 0 Å². The summed E-state index contributed by atoms with van der Waals surface area (Å²) in [4.78, 5) is 15.8. The molecule has 3 aliphatic heterocycles. The highest BCUT2D eigenvalue weighted by molar-refractivity contribution is 7.90. The maximum atomic E-state index is 13.5.